The molecule has 0 aliphatic rings. The van der Waals surface area contributed by atoms with Crippen molar-refractivity contribution in [2.75, 3.05) is 19.8 Å². The van der Waals surface area contributed by atoms with Crippen molar-refractivity contribution in [1.29, 1.82) is 0 Å². The third kappa shape index (κ3) is 4.42. The minimum atomic E-state index is -0.551. The predicted molar refractivity (Wildman–Crippen MR) is 65.2 cm³/mol. The zero-order chi connectivity index (χ0) is 13.5. The molecule has 0 heterocycles. The molecule has 2 amide bonds. The summed E-state index contributed by atoms with van der Waals surface area (Å²) >= 11 is 0. The number of nitrogens with one attached hydrogen (secondary N) is 1. The van der Waals surface area contributed by atoms with Crippen molar-refractivity contribution in [2.45, 2.75) is 6.92 Å². The van der Waals surface area contributed by atoms with Crippen LogP contribution in [-0.2, 0) is 9.53 Å². The molecule has 0 bridgehead atoms. The van der Waals surface area contributed by atoms with E-state index < -0.39 is 5.91 Å². The monoisotopic (exact) mass is 252 g/mol. The molecule has 1 aromatic carbocycles. The number of primary amides is 1. The van der Waals surface area contributed by atoms with Crippen molar-refractivity contribution < 1.29 is 19.4 Å². The van der Waals surface area contributed by atoms with Gasteiger partial charge in [0.1, 0.15) is 12.4 Å². The fourth-order valence-corrected chi connectivity index (χ4v) is 1.26. The summed E-state index contributed by atoms with van der Waals surface area (Å²) in [5.74, 6) is -0.787. The zero-order valence-corrected chi connectivity index (χ0v) is 10.1. The van der Waals surface area contributed by atoms with Crippen LogP contribution in [0.15, 0.2) is 18.2 Å². The van der Waals surface area contributed by atoms with Gasteiger partial charge in [0.15, 0.2) is 0 Å². The highest BCUT2D eigenvalue weighted by molar-refractivity contribution is 5.94. The van der Waals surface area contributed by atoms with Gasteiger partial charge in [-0.05, 0) is 24.6 Å². The molecule has 6 nitrogen and oxygen atoms in total. The fraction of sp³-hybridized carbons (Fsp3) is 0.333. The molecule has 1 rings (SSSR count). The van der Waals surface area contributed by atoms with Gasteiger partial charge in [0.25, 0.3) is 5.91 Å². The Morgan fingerprint density at radius 2 is 2.17 bits per heavy atom. The van der Waals surface area contributed by atoms with E-state index in [1.807, 2.05) is 0 Å². The summed E-state index contributed by atoms with van der Waals surface area (Å²) in [5.41, 5.74) is 5.95. The maximum atomic E-state index is 11.6. The highest BCUT2D eigenvalue weighted by atomic mass is 16.5. The maximum Gasteiger partial charge on any atom is 0.251 e. The second-order valence-corrected chi connectivity index (χ2v) is 3.78. The van der Waals surface area contributed by atoms with Crippen LogP contribution in [0.5, 0.6) is 5.75 Å². The Morgan fingerprint density at radius 3 is 2.78 bits per heavy atom. The number of carbonyl (C=O) groups excluding carboxylic acids is 2. The fourth-order valence-electron chi connectivity index (χ4n) is 1.26. The molecule has 0 spiro atoms. The number of phenols is 1. The largest absolute Gasteiger partial charge is 0.508 e. The van der Waals surface area contributed by atoms with E-state index in [9.17, 15) is 14.7 Å². The van der Waals surface area contributed by atoms with Gasteiger partial charge in [-0.1, -0.05) is 6.07 Å². The molecule has 18 heavy (non-hydrogen) atoms. The quantitative estimate of drug-likeness (QED) is 0.617. The molecule has 0 unspecified atom stereocenters. The lowest BCUT2D eigenvalue weighted by atomic mass is 10.1. The minimum Gasteiger partial charge on any atom is -0.508 e. The third-order valence-corrected chi connectivity index (χ3v) is 2.25. The van der Waals surface area contributed by atoms with Crippen LogP contribution in [0.25, 0.3) is 0 Å². The highest BCUT2D eigenvalue weighted by Gasteiger charge is 2.06. The average molecular weight is 252 g/mol. The number of nitrogens with two attached hydrogens (primary N) is 1. The van der Waals surface area contributed by atoms with Gasteiger partial charge in [0.05, 0.1) is 6.61 Å². The molecule has 1 aromatic rings. The van der Waals surface area contributed by atoms with Crippen molar-refractivity contribution in [1.82, 2.24) is 5.32 Å². The van der Waals surface area contributed by atoms with Gasteiger partial charge in [0.2, 0.25) is 5.91 Å². The van der Waals surface area contributed by atoms with Gasteiger partial charge in [0, 0.05) is 12.1 Å². The lowest BCUT2D eigenvalue weighted by Crippen LogP contribution is -2.28. The standard InChI is InChI=1S/C12H16N2O4/c1-8-2-3-9(6-10(8)15)12(17)14-4-5-18-7-11(13)16/h2-3,6,15H,4-5,7H2,1H3,(H2,13,16)(H,14,17). The van der Waals surface area contributed by atoms with Crippen LogP contribution in [-0.4, -0.2) is 36.7 Å². The number of amides is 2. The molecule has 0 saturated heterocycles. The van der Waals surface area contributed by atoms with E-state index in [1.54, 1.807) is 19.1 Å². The first-order chi connectivity index (χ1) is 8.50. The molecule has 0 aromatic heterocycles. The van der Waals surface area contributed by atoms with Gasteiger partial charge in [-0.2, -0.15) is 0 Å². The van der Waals surface area contributed by atoms with Crippen molar-refractivity contribution in [2.24, 2.45) is 5.73 Å². The Balaban J connectivity index is 2.36. The zero-order valence-electron chi connectivity index (χ0n) is 10.1. The molecule has 0 aliphatic carbocycles. The predicted octanol–water partition coefficient (Wildman–Crippen LogP) is -0.0677. The molecular formula is C12H16N2O4. The lowest BCUT2D eigenvalue weighted by Gasteiger charge is -2.06. The van der Waals surface area contributed by atoms with Crippen molar-refractivity contribution in [3.63, 3.8) is 0 Å². The number of ether oxygens (including phenoxy) is 1. The van der Waals surface area contributed by atoms with Gasteiger partial charge in [-0.15, -0.1) is 0 Å². The first-order valence-electron chi connectivity index (χ1n) is 5.44. The Labute approximate surface area is 105 Å². The minimum absolute atomic E-state index is 0.0765. The summed E-state index contributed by atoms with van der Waals surface area (Å²) < 4.78 is 4.89. The third-order valence-electron chi connectivity index (χ3n) is 2.25. The topological polar surface area (TPSA) is 102 Å². The number of rotatable bonds is 6. The number of hydrogen-bond acceptors (Lipinski definition) is 4. The lowest BCUT2D eigenvalue weighted by molar-refractivity contribution is -0.122. The SMILES string of the molecule is Cc1ccc(C(=O)NCCOCC(N)=O)cc1O. The molecule has 0 fully saturated rings. The second kappa shape index (κ2) is 6.61. The Morgan fingerprint density at radius 1 is 1.44 bits per heavy atom. The second-order valence-electron chi connectivity index (χ2n) is 3.78. The van der Waals surface area contributed by atoms with Crippen LogP contribution in [0.3, 0.4) is 0 Å². The van der Waals surface area contributed by atoms with E-state index in [0.717, 1.165) is 0 Å². The number of phenolic OH excluding ortho intramolecular Hbond substituents is 1. The Kier molecular flexibility index (Phi) is 5.13. The van der Waals surface area contributed by atoms with Gasteiger partial charge < -0.3 is 20.9 Å². The molecule has 0 saturated carbocycles. The molecular weight excluding hydrogens is 236 g/mol. The van der Waals surface area contributed by atoms with Crippen molar-refractivity contribution in [3.05, 3.63) is 29.3 Å². The van der Waals surface area contributed by atoms with E-state index in [4.69, 9.17) is 10.5 Å². The van der Waals surface area contributed by atoms with Crippen LogP contribution < -0.4 is 11.1 Å². The first kappa shape index (κ1) is 14.0. The summed E-state index contributed by atoms with van der Waals surface area (Å²) in [6.07, 6.45) is 0. The first-order valence-corrected chi connectivity index (χ1v) is 5.44. The van der Waals surface area contributed by atoms with E-state index in [1.165, 1.54) is 6.07 Å². The van der Waals surface area contributed by atoms with Crippen LogP contribution >= 0.6 is 0 Å². The molecule has 0 radical (unpaired) electrons. The number of benzene rings is 1. The summed E-state index contributed by atoms with van der Waals surface area (Å²) in [6, 6.07) is 4.68. The van der Waals surface area contributed by atoms with Gasteiger partial charge in [-0.3, -0.25) is 9.59 Å². The summed E-state index contributed by atoms with van der Waals surface area (Å²) in [6.45, 7) is 2.04. The van der Waals surface area contributed by atoms with Crippen LogP contribution in [0, 0.1) is 6.92 Å². The number of carbonyl (C=O) groups is 2. The number of hydrogen-bond donors (Lipinski definition) is 3. The van der Waals surface area contributed by atoms with Crippen molar-refractivity contribution in [3.8, 4) is 5.75 Å². The number of aromatic hydroxyl groups is 1. The average Bonchev–Trinajstić information content (AvgIpc) is 2.31. The summed E-state index contributed by atoms with van der Waals surface area (Å²) in [7, 11) is 0. The molecule has 0 atom stereocenters. The van der Waals surface area contributed by atoms with E-state index in [-0.39, 0.29) is 31.4 Å². The van der Waals surface area contributed by atoms with Crippen LogP contribution in [0.4, 0.5) is 0 Å². The molecule has 0 aliphatic heterocycles. The summed E-state index contributed by atoms with van der Waals surface area (Å²) in [4.78, 5) is 22.0. The van der Waals surface area contributed by atoms with Gasteiger partial charge in [-0.25, -0.2) is 0 Å². The summed E-state index contributed by atoms with van der Waals surface area (Å²) in [5, 5.41) is 12.1. The molecule has 4 N–H and O–H groups in total. The van der Waals surface area contributed by atoms with Crippen LogP contribution in [0.2, 0.25) is 0 Å². The Hall–Kier alpha value is -2.08. The van der Waals surface area contributed by atoms with E-state index in [2.05, 4.69) is 5.32 Å². The molecule has 6 heteroatoms. The number of aryl methyl sites for hydroxylation is 1. The van der Waals surface area contributed by atoms with Crippen LogP contribution in [0.1, 0.15) is 15.9 Å². The normalized spacial score (nSPS) is 10.1. The van der Waals surface area contributed by atoms with Crippen molar-refractivity contribution >= 4 is 11.8 Å². The van der Waals surface area contributed by atoms with E-state index in [0.29, 0.717) is 11.1 Å². The highest BCUT2D eigenvalue weighted by Crippen LogP contribution is 2.17. The smallest absolute Gasteiger partial charge is 0.251 e. The molecule has 98 valence electrons. The maximum absolute atomic E-state index is 11.6. The van der Waals surface area contributed by atoms with E-state index >= 15 is 0 Å². The van der Waals surface area contributed by atoms with Gasteiger partial charge >= 0.3 is 0 Å². The Bertz CT molecular complexity index is 446.